The third-order valence-electron chi connectivity index (χ3n) is 6.03. The third-order valence-corrected chi connectivity index (χ3v) is 6.03. The van der Waals surface area contributed by atoms with E-state index in [1.807, 2.05) is 121 Å². The van der Waals surface area contributed by atoms with Gasteiger partial charge in [0.2, 0.25) is 5.91 Å². The van der Waals surface area contributed by atoms with Crippen molar-refractivity contribution in [2.24, 2.45) is 0 Å². The van der Waals surface area contributed by atoms with E-state index in [0.29, 0.717) is 6.42 Å². The molecule has 0 aliphatic carbocycles. The van der Waals surface area contributed by atoms with Crippen molar-refractivity contribution < 1.29 is 14.3 Å². The summed E-state index contributed by atoms with van der Waals surface area (Å²) in [6.45, 7) is 0. The average Bonchev–Trinajstić information content (AvgIpc) is 2.91. The summed E-state index contributed by atoms with van der Waals surface area (Å²) in [7, 11) is 1.34. The van der Waals surface area contributed by atoms with Gasteiger partial charge in [-0.05, 0) is 22.3 Å². The number of benzene rings is 4. The second kappa shape index (κ2) is 10.6. The molecule has 0 saturated carbocycles. The van der Waals surface area contributed by atoms with Crippen LogP contribution in [0.3, 0.4) is 0 Å². The van der Waals surface area contributed by atoms with Crippen LogP contribution in [0.5, 0.6) is 0 Å². The van der Waals surface area contributed by atoms with E-state index in [4.69, 9.17) is 4.74 Å². The van der Waals surface area contributed by atoms with E-state index in [1.54, 1.807) is 0 Å². The number of amides is 1. The summed E-state index contributed by atoms with van der Waals surface area (Å²) in [6.07, 6.45) is 0.327. The van der Waals surface area contributed by atoms with Crippen molar-refractivity contribution in [3.05, 3.63) is 144 Å². The van der Waals surface area contributed by atoms with Crippen molar-refractivity contribution in [2.75, 3.05) is 7.11 Å². The normalized spacial score (nSPS) is 11.9. The van der Waals surface area contributed by atoms with Gasteiger partial charge in [0.05, 0.1) is 7.11 Å². The lowest BCUT2D eigenvalue weighted by atomic mass is 9.68. The molecule has 0 aliphatic rings. The maximum Gasteiger partial charge on any atom is 0.328 e. The molecule has 170 valence electrons. The van der Waals surface area contributed by atoms with Crippen LogP contribution < -0.4 is 5.32 Å². The van der Waals surface area contributed by atoms with Crippen LogP contribution in [0.15, 0.2) is 121 Å². The Morgan fingerprint density at radius 3 is 1.44 bits per heavy atom. The number of methoxy groups -OCH3 is 1. The molecule has 0 spiro atoms. The highest BCUT2D eigenvalue weighted by molar-refractivity contribution is 5.98. The molecule has 1 amide bonds. The van der Waals surface area contributed by atoms with E-state index >= 15 is 0 Å². The molecule has 0 unspecified atom stereocenters. The topological polar surface area (TPSA) is 55.4 Å². The molecule has 1 N–H and O–H groups in total. The van der Waals surface area contributed by atoms with Crippen molar-refractivity contribution in [3.63, 3.8) is 0 Å². The van der Waals surface area contributed by atoms with Crippen molar-refractivity contribution in [3.8, 4) is 0 Å². The highest BCUT2D eigenvalue weighted by Gasteiger charge is 2.45. The maximum absolute atomic E-state index is 14.4. The Kier molecular flexibility index (Phi) is 7.19. The van der Waals surface area contributed by atoms with Crippen molar-refractivity contribution in [1.82, 2.24) is 5.32 Å². The Bertz CT molecular complexity index is 1110. The van der Waals surface area contributed by atoms with Crippen LogP contribution in [0, 0.1) is 0 Å². The first-order valence-corrected chi connectivity index (χ1v) is 11.3. The van der Waals surface area contributed by atoms with Gasteiger partial charge in [-0.15, -0.1) is 0 Å². The number of carbonyl (C=O) groups is 2. The molecule has 0 bridgehead atoms. The van der Waals surface area contributed by atoms with Gasteiger partial charge in [-0.2, -0.15) is 0 Å². The zero-order chi connectivity index (χ0) is 23.8. The summed E-state index contributed by atoms with van der Waals surface area (Å²) in [5.74, 6) is -0.775. The van der Waals surface area contributed by atoms with Crippen LogP contribution in [0.25, 0.3) is 0 Å². The first-order chi connectivity index (χ1) is 16.7. The van der Waals surface area contributed by atoms with Gasteiger partial charge in [-0.25, -0.2) is 4.79 Å². The van der Waals surface area contributed by atoms with Crippen LogP contribution in [0.4, 0.5) is 0 Å². The minimum Gasteiger partial charge on any atom is -0.467 e. The SMILES string of the molecule is [11CH3]OC(=O)[C@@H](Cc1ccccc1)NC(=O)C(c1ccccc1)(c1ccccc1)c1ccccc1. The van der Waals surface area contributed by atoms with Crippen molar-refractivity contribution in [2.45, 2.75) is 17.9 Å². The quantitative estimate of drug-likeness (QED) is 0.307. The number of hydrogen-bond donors (Lipinski definition) is 1. The number of esters is 1. The molecule has 0 aromatic heterocycles. The molecule has 0 radical (unpaired) electrons. The van der Waals surface area contributed by atoms with Gasteiger partial charge in [0.15, 0.2) is 0 Å². The summed E-state index contributed by atoms with van der Waals surface area (Å²) in [6, 6.07) is 37.8. The molecule has 4 aromatic rings. The predicted molar refractivity (Wildman–Crippen MR) is 133 cm³/mol. The lowest BCUT2D eigenvalue weighted by molar-refractivity contribution is -0.145. The lowest BCUT2D eigenvalue weighted by Crippen LogP contribution is -2.52. The molecule has 0 heterocycles. The Balaban J connectivity index is 1.85. The Morgan fingerprint density at radius 2 is 1.06 bits per heavy atom. The van der Waals surface area contributed by atoms with Gasteiger partial charge in [0, 0.05) is 6.42 Å². The Morgan fingerprint density at radius 1 is 0.676 bits per heavy atom. The monoisotopic (exact) mass is 448 g/mol. The summed E-state index contributed by atoms with van der Waals surface area (Å²) in [5, 5.41) is 3.04. The highest BCUT2D eigenvalue weighted by Crippen LogP contribution is 2.39. The first-order valence-electron chi connectivity index (χ1n) is 11.3. The van der Waals surface area contributed by atoms with E-state index in [2.05, 4.69) is 5.32 Å². The molecule has 4 nitrogen and oxygen atoms in total. The van der Waals surface area contributed by atoms with Gasteiger partial charge in [-0.1, -0.05) is 121 Å². The van der Waals surface area contributed by atoms with E-state index in [1.165, 1.54) is 7.11 Å². The number of ether oxygens (including phenoxy) is 1. The molecule has 4 rings (SSSR count). The van der Waals surface area contributed by atoms with Crippen molar-refractivity contribution >= 4 is 11.9 Å². The third kappa shape index (κ3) is 4.62. The van der Waals surface area contributed by atoms with E-state index in [-0.39, 0.29) is 5.91 Å². The summed E-state index contributed by atoms with van der Waals surface area (Å²) in [4.78, 5) is 27.1. The minimum atomic E-state index is -1.16. The van der Waals surface area contributed by atoms with Gasteiger partial charge in [0.1, 0.15) is 11.5 Å². The van der Waals surface area contributed by atoms with Gasteiger partial charge in [-0.3, -0.25) is 4.79 Å². The van der Waals surface area contributed by atoms with E-state index < -0.39 is 17.4 Å². The summed E-state index contributed by atoms with van der Waals surface area (Å²) < 4.78 is 5.06. The maximum atomic E-state index is 14.4. The van der Waals surface area contributed by atoms with E-state index in [9.17, 15) is 9.59 Å². The van der Waals surface area contributed by atoms with Gasteiger partial charge < -0.3 is 10.1 Å². The smallest absolute Gasteiger partial charge is 0.328 e. The minimum absolute atomic E-state index is 0.289. The zero-order valence-corrected chi connectivity index (χ0v) is 19.1. The Labute approximate surface area is 200 Å². The van der Waals surface area contributed by atoms with Crippen LogP contribution in [0.1, 0.15) is 22.3 Å². The van der Waals surface area contributed by atoms with Gasteiger partial charge >= 0.3 is 5.97 Å². The number of carbonyl (C=O) groups excluding carboxylic acids is 2. The fraction of sp³-hybridized carbons (Fsp3) is 0.133. The molecule has 4 heteroatoms. The van der Waals surface area contributed by atoms with E-state index in [0.717, 1.165) is 22.3 Å². The Hall–Kier alpha value is -4.18. The second-order valence-electron chi connectivity index (χ2n) is 8.09. The first kappa shape index (κ1) is 23.0. The van der Waals surface area contributed by atoms with Crippen LogP contribution in [-0.4, -0.2) is 25.0 Å². The molecular weight excluding hydrogens is 421 g/mol. The average molecular weight is 449 g/mol. The lowest BCUT2D eigenvalue weighted by Gasteiger charge is -2.35. The molecular formula is C30H27NO3. The predicted octanol–water partition coefficient (Wildman–Crippen LogP) is 4.92. The summed E-state index contributed by atoms with van der Waals surface area (Å²) in [5.41, 5.74) is 2.21. The standard InChI is InChI=1S/C30H27NO3/c1-34-28(32)27(22-23-14-6-2-7-15-23)31-29(33)30(24-16-8-3-9-17-24,25-18-10-4-11-19-25)26-20-12-5-13-21-26/h2-21,27H,22H2,1H3,(H,31,33)/t27-/m1/s1/i1-1. The summed E-state index contributed by atoms with van der Waals surface area (Å²) >= 11 is 0. The fourth-order valence-electron chi connectivity index (χ4n) is 4.41. The van der Waals surface area contributed by atoms with Crippen LogP contribution >= 0.6 is 0 Å². The van der Waals surface area contributed by atoms with Crippen molar-refractivity contribution in [1.29, 1.82) is 0 Å². The van der Waals surface area contributed by atoms with Crippen LogP contribution in [-0.2, 0) is 26.2 Å². The number of rotatable bonds is 8. The second-order valence-corrected chi connectivity index (χ2v) is 8.09. The largest absolute Gasteiger partial charge is 0.467 e. The molecule has 0 aliphatic heterocycles. The fourth-order valence-corrected chi connectivity index (χ4v) is 4.41. The molecule has 4 aromatic carbocycles. The zero-order valence-electron chi connectivity index (χ0n) is 19.1. The number of hydrogen-bond acceptors (Lipinski definition) is 3. The molecule has 0 fully saturated rings. The molecule has 34 heavy (non-hydrogen) atoms. The number of nitrogens with one attached hydrogen (secondary N) is 1. The molecule has 1 atom stereocenters. The molecule has 0 saturated heterocycles. The van der Waals surface area contributed by atoms with Crippen LogP contribution in [0.2, 0.25) is 0 Å². The van der Waals surface area contributed by atoms with Gasteiger partial charge in [0.25, 0.3) is 0 Å². The highest BCUT2D eigenvalue weighted by atomic mass is 16.5.